The second kappa shape index (κ2) is 6.14. The minimum Gasteiger partial charge on any atom is -0.376 e. The molecule has 0 saturated heterocycles. The smallest absolute Gasteiger partial charge is 0.123 e. The maximum atomic E-state index is 12.8. The fourth-order valence-corrected chi connectivity index (χ4v) is 3.68. The Bertz CT molecular complexity index is 508. The molecule has 0 radical (unpaired) electrons. The van der Waals surface area contributed by atoms with E-state index in [2.05, 4.69) is 37.2 Å². The third-order valence-corrected chi connectivity index (χ3v) is 5.80. The van der Waals surface area contributed by atoms with Crippen LogP contribution < -0.4 is 11.1 Å². The van der Waals surface area contributed by atoms with Gasteiger partial charge in [0.25, 0.3) is 0 Å². The zero-order chi connectivity index (χ0) is 13.1. The third-order valence-electron chi connectivity index (χ3n) is 2.43. The van der Waals surface area contributed by atoms with Crippen molar-refractivity contribution in [3.63, 3.8) is 0 Å². The summed E-state index contributed by atoms with van der Waals surface area (Å²) in [6.45, 7) is 0.469. The van der Waals surface area contributed by atoms with E-state index in [1.54, 1.807) is 23.5 Å². The van der Waals surface area contributed by atoms with E-state index < -0.39 is 0 Å². The van der Waals surface area contributed by atoms with E-state index >= 15 is 0 Å². The van der Waals surface area contributed by atoms with Crippen molar-refractivity contribution in [2.24, 2.45) is 5.73 Å². The zero-order valence-electron chi connectivity index (χ0n) is 9.29. The predicted molar refractivity (Wildman–Crippen MR) is 81.5 cm³/mol. The Labute approximate surface area is 126 Å². The van der Waals surface area contributed by atoms with E-state index in [1.807, 2.05) is 6.07 Å². The fraction of sp³-hybridized carbons (Fsp3) is 0.167. The van der Waals surface area contributed by atoms with Gasteiger partial charge in [-0.3, -0.25) is 0 Å². The number of nitrogens with one attached hydrogen (secondary N) is 1. The van der Waals surface area contributed by atoms with Crippen LogP contribution in [0.2, 0.25) is 0 Å². The van der Waals surface area contributed by atoms with Gasteiger partial charge in [-0.2, -0.15) is 0 Å². The van der Waals surface area contributed by atoms with Gasteiger partial charge in [0.2, 0.25) is 0 Å². The van der Waals surface area contributed by atoms with Gasteiger partial charge in [-0.15, -0.1) is 11.3 Å². The minimum absolute atomic E-state index is 0.0167. The van der Waals surface area contributed by atoms with Gasteiger partial charge in [-0.1, -0.05) is 0 Å². The molecule has 2 nitrogen and oxygen atoms in total. The summed E-state index contributed by atoms with van der Waals surface area (Å²) in [6.07, 6.45) is 0. The lowest BCUT2D eigenvalue weighted by Crippen LogP contribution is -2.19. The van der Waals surface area contributed by atoms with E-state index in [0.29, 0.717) is 6.54 Å². The molecule has 0 fully saturated rings. The molecule has 0 aliphatic heterocycles. The van der Waals surface area contributed by atoms with Crippen molar-refractivity contribution >= 4 is 48.9 Å². The van der Waals surface area contributed by atoms with Crippen LogP contribution in [0.4, 0.5) is 10.1 Å². The molecular weight excluding hydrogens is 383 g/mol. The molecule has 0 spiro atoms. The van der Waals surface area contributed by atoms with Crippen LogP contribution in [0, 0.1) is 5.82 Å². The fourth-order valence-electron chi connectivity index (χ4n) is 1.53. The van der Waals surface area contributed by atoms with Crippen molar-refractivity contribution in [2.45, 2.75) is 6.04 Å². The maximum Gasteiger partial charge on any atom is 0.123 e. The van der Waals surface area contributed by atoms with Crippen LogP contribution >= 0.6 is 43.2 Å². The van der Waals surface area contributed by atoms with Gasteiger partial charge in [0.15, 0.2) is 0 Å². The molecule has 2 aromatic rings. The van der Waals surface area contributed by atoms with E-state index in [1.165, 1.54) is 12.1 Å². The molecule has 0 aliphatic rings. The minimum atomic E-state index is -0.244. The molecule has 1 aromatic heterocycles. The molecule has 2 rings (SSSR count). The normalized spacial score (nSPS) is 12.4. The van der Waals surface area contributed by atoms with Gasteiger partial charge in [-0.25, -0.2) is 4.39 Å². The summed E-state index contributed by atoms with van der Waals surface area (Å²) < 4.78 is 14.9. The highest BCUT2D eigenvalue weighted by molar-refractivity contribution is 9.13. The summed E-state index contributed by atoms with van der Waals surface area (Å²) in [5.74, 6) is -0.244. The maximum absolute atomic E-state index is 12.8. The van der Waals surface area contributed by atoms with E-state index in [-0.39, 0.29) is 11.9 Å². The summed E-state index contributed by atoms with van der Waals surface area (Å²) in [5.41, 5.74) is 6.64. The molecule has 6 heteroatoms. The van der Waals surface area contributed by atoms with Crippen molar-refractivity contribution in [3.8, 4) is 0 Å². The number of hydrogen-bond donors (Lipinski definition) is 2. The van der Waals surface area contributed by atoms with Crippen molar-refractivity contribution in [1.82, 2.24) is 0 Å². The van der Waals surface area contributed by atoms with E-state index in [4.69, 9.17) is 5.73 Å². The van der Waals surface area contributed by atoms with E-state index in [0.717, 1.165) is 18.8 Å². The second-order valence-electron chi connectivity index (χ2n) is 3.71. The molecule has 0 amide bonds. The monoisotopic (exact) mass is 392 g/mol. The second-order valence-corrected chi connectivity index (χ2v) is 6.97. The molecular formula is C12H11Br2FN2S. The Morgan fingerprint density at radius 1 is 1.28 bits per heavy atom. The van der Waals surface area contributed by atoms with Crippen molar-refractivity contribution in [1.29, 1.82) is 0 Å². The van der Waals surface area contributed by atoms with Crippen LogP contribution in [0.3, 0.4) is 0 Å². The SMILES string of the molecule is NCC(Nc1ccc(F)cc1)c1cc(Br)c(Br)s1. The van der Waals surface area contributed by atoms with Crippen LogP contribution in [0.1, 0.15) is 10.9 Å². The number of rotatable bonds is 4. The molecule has 1 heterocycles. The van der Waals surface area contributed by atoms with Crippen molar-refractivity contribution < 1.29 is 4.39 Å². The standard InChI is InChI=1S/C12H11Br2FN2S/c13-9-5-11(18-12(9)14)10(6-16)17-8-3-1-7(15)2-4-8/h1-5,10,17H,6,16H2. The average molecular weight is 394 g/mol. The lowest BCUT2D eigenvalue weighted by atomic mass is 10.2. The molecule has 1 atom stereocenters. The molecule has 0 aliphatic carbocycles. The Hall–Kier alpha value is -0.430. The summed E-state index contributed by atoms with van der Waals surface area (Å²) in [4.78, 5) is 1.13. The van der Waals surface area contributed by atoms with E-state index in [9.17, 15) is 4.39 Å². The molecule has 1 aromatic carbocycles. The number of halogens is 3. The van der Waals surface area contributed by atoms with Gasteiger partial charge < -0.3 is 11.1 Å². The van der Waals surface area contributed by atoms with Gasteiger partial charge in [0, 0.05) is 21.6 Å². The molecule has 1 unspecified atom stereocenters. The predicted octanol–water partition coefficient (Wildman–Crippen LogP) is 4.52. The first-order valence-corrected chi connectivity index (χ1v) is 7.67. The lowest BCUT2D eigenvalue weighted by Gasteiger charge is -2.16. The topological polar surface area (TPSA) is 38.0 Å². The van der Waals surface area contributed by atoms with Gasteiger partial charge >= 0.3 is 0 Å². The highest BCUT2D eigenvalue weighted by atomic mass is 79.9. The first kappa shape index (κ1) is 14.0. The molecule has 0 bridgehead atoms. The number of thiophene rings is 1. The van der Waals surface area contributed by atoms with Crippen molar-refractivity contribution in [3.05, 3.63) is 49.3 Å². The number of hydrogen-bond acceptors (Lipinski definition) is 3. The highest BCUT2D eigenvalue weighted by Gasteiger charge is 2.14. The number of anilines is 1. The molecule has 18 heavy (non-hydrogen) atoms. The third kappa shape index (κ3) is 3.32. The summed E-state index contributed by atoms with van der Waals surface area (Å²) >= 11 is 8.54. The summed E-state index contributed by atoms with van der Waals surface area (Å²) in [7, 11) is 0. The summed E-state index contributed by atoms with van der Waals surface area (Å²) in [5, 5.41) is 3.29. The molecule has 3 N–H and O–H groups in total. The van der Waals surface area contributed by atoms with Gasteiger partial charge in [0.05, 0.1) is 9.83 Å². The Morgan fingerprint density at radius 3 is 2.44 bits per heavy atom. The quantitative estimate of drug-likeness (QED) is 0.800. The highest BCUT2D eigenvalue weighted by Crippen LogP contribution is 2.36. The van der Waals surface area contributed by atoms with Gasteiger partial charge in [0.1, 0.15) is 5.82 Å². The largest absolute Gasteiger partial charge is 0.376 e. The molecule has 96 valence electrons. The first-order chi connectivity index (χ1) is 8.60. The Kier molecular flexibility index (Phi) is 4.77. The summed E-state index contributed by atoms with van der Waals surface area (Å²) in [6, 6.07) is 8.31. The van der Waals surface area contributed by atoms with Gasteiger partial charge in [-0.05, 0) is 62.2 Å². The van der Waals surface area contributed by atoms with Crippen LogP contribution in [-0.4, -0.2) is 6.54 Å². The Morgan fingerprint density at radius 2 is 1.94 bits per heavy atom. The van der Waals surface area contributed by atoms with Crippen molar-refractivity contribution in [2.75, 3.05) is 11.9 Å². The average Bonchev–Trinajstić information content (AvgIpc) is 2.69. The number of nitrogens with two attached hydrogens (primary N) is 1. The van der Waals surface area contributed by atoms with Crippen LogP contribution in [0.5, 0.6) is 0 Å². The lowest BCUT2D eigenvalue weighted by molar-refractivity contribution is 0.628. The Balaban J connectivity index is 2.16. The first-order valence-electron chi connectivity index (χ1n) is 5.27. The van der Waals surface area contributed by atoms with Crippen LogP contribution in [0.15, 0.2) is 38.6 Å². The van der Waals surface area contributed by atoms with Crippen LogP contribution in [-0.2, 0) is 0 Å². The zero-order valence-corrected chi connectivity index (χ0v) is 13.3. The number of benzene rings is 1. The van der Waals surface area contributed by atoms with Crippen LogP contribution in [0.25, 0.3) is 0 Å². The molecule has 0 saturated carbocycles.